The Morgan fingerprint density at radius 1 is 1.33 bits per heavy atom. The van der Waals surface area contributed by atoms with Gasteiger partial charge in [0.1, 0.15) is 12.2 Å². The molecule has 0 radical (unpaired) electrons. The minimum atomic E-state index is -0.210. The van der Waals surface area contributed by atoms with Crippen LogP contribution in [0.15, 0.2) is 42.7 Å². The van der Waals surface area contributed by atoms with Gasteiger partial charge in [0.25, 0.3) is 0 Å². The molecule has 0 spiro atoms. The largest absolute Gasteiger partial charge is 0.353 e. The number of hydrogen-bond acceptors (Lipinski definition) is 3. The molecule has 0 fully saturated rings. The summed E-state index contributed by atoms with van der Waals surface area (Å²) in [5.74, 6) is 0.839. The molecule has 0 bridgehead atoms. The zero-order valence-electron chi connectivity index (χ0n) is 10.7. The van der Waals surface area contributed by atoms with E-state index in [9.17, 15) is 0 Å². The van der Waals surface area contributed by atoms with E-state index in [0.717, 1.165) is 11.4 Å². The van der Waals surface area contributed by atoms with E-state index in [1.54, 1.807) is 4.68 Å². The highest BCUT2D eigenvalue weighted by Crippen LogP contribution is 2.13. The second-order valence-electron chi connectivity index (χ2n) is 3.87. The Kier molecular flexibility index (Phi) is 4.25. The Hall–Kier alpha value is -1.94. The summed E-state index contributed by atoms with van der Waals surface area (Å²) in [4.78, 5) is 4.11. The molecule has 1 unspecified atom stereocenters. The monoisotopic (exact) mass is 243 g/mol. The molecule has 0 saturated carbocycles. The lowest BCUT2D eigenvalue weighted by Gasteiger charge is -2.14. The van der Waals surface area contributed by atoms with Crippen molar-refractivity contribution in [3.63, 3.8) is 0 Å². The molecule has 1 aromatic carbocycles. The second-order valence-corrected chi connectivity index (χ2v) is 3.87. The van der Waals surface area contributed by atoms with Gasteiger partial charge < -0.3 is 4.74 Å². The molecule has 1 aromatic heterocycles. The fourth-order valence-corrected chi connectivity index (χ4v) is 1.69. The Balaban J connectivity index is 2.17. The van der Waals surface area contributed by atoms with Crippen molar-refractivity contribution in [3.8, 4) is 0 Å². The maximum absolute atomic E-state index is 5.66. The molecular formula is C14H17N3O. The Labute approximate surface area is 107 Å². The van der Waals surface area contributed by atoms with Crippen LogP contribution < -0.4 is 0 Å². The van der Waals surface area contributed by atoms with Crippen molar-refractivity contribution in [1.29, 1.82) is 0 Å². The summed E-state index contributed by atoms with van der Waals surface area (Å²) in [5.41, 5.74) is 1.14. The van der Waals surface area contributed by atoms with Crippen LogP contribution in [-0.2, 0) is 4.74 Å². The highest BCUT2D eigenvalue weighted by atomic mass is 16.5. The SMILES string of the molecule is CCOC(/C=C/c1ccccc1)n1ncnc1C. The standard InChI is InChI=1S/C14H17N3O/c1-3-18-14(17-12(2)15-11-16-17)10-9-13-7-5-4-6-8-13/h4-11,14H,3H2,1-2H3/b10-9+. The maximum atomic E-state index is 5.66. The van der Waals surface area contributed by atoms with E-state index in [4.69, 9.17) is 4.74 Å². The molecule has 94 valence electrons. The number of hydrogen-bond donors (Lipinski definition) is 0. The maximum Gasteiger partial charge on any atom is 0.171 e. The summed E-state index contributed by atoms with van der Waals surface area (Å²) in [6.07, 6.45) is 5.34. The van der Waals surface area contributed by atoms with Gasteiger partial charge in [-0.15, -0.1) is 0 Å². The molecule has 4 heteroatoms. The van der Waals surface area contributed by atoms with E-state index >= 15 is 0 Å². The van der Waals surface area contributed by atoms with Gasteiger partial charge in [0.05, 0.1) is 0 Å². The van der Waals surface area contributed by atoms with Crippen LogP contribution in [0.5, 0.6) is 0 Å². The second kappa shape index (κ2) is 6.12. The molecule has 0 aliphatic carbocycles. The molecule has 0 aliphatic heterocycles. The van der Waals surface area contributed by atoms with Gasteiger partial charge in [0.2, 0.25) is 0 Å². The first-order chi connectivity index (χ1) is 8.81. The van der Waals surface area contributed by atoms with Crippen molar-refractivity contribution in [2.75, 3.05) is 6.61 Å². The molecular weight excluding hydrogens is 226 g/mol. The summed E-state index contributed by atoms with van der Waals surface area (Å²) in [6, 6.07) is 10.1. The van der Waals surface area contributed by atoms with Crippen LogP contribution in [0.4, 0.5) is 0 Å². The van der Waals surface area contributed by atoms with Crippen LogP contribution in [0, 0.1) is 6.92 Å². The zero-order valence-corrected chi connectivity index (χ0v) is 10.7. The Morgan fingerprint density at radius 3 is 2.72 bits per heavy atom. The summed E-state index contributed by atoms with van der Waals surface area (Å²) >= 11 is 0. The average molecular weight is 243 g/mol. The van der Waals surface area contributed by atoms with E-state index in [0.29, 0.717) is 6.61 Å². The van der Waals surface area contributed by atoms with Gasteiger partial charge in [-0.25, -0.2) is 9.67 Å². The van der Waals surface area contributed by atoms with E-state index in [1.807, 2.05) is 56.3 Å². The van der Waals surface area contributed by atoms with Gasteiger partial charge in [-0.1, -0.05) is 36.4 Å². The van der Waals surface area contributed by atoms with Crippen LogP contribution in [0.1, 0.15) is 24.5 Å². The molecule has 0 N–H and O–H groups in total. The Morgan fingerprint density at radius 2 is 2.11 bits per heavy atom. The molecule has 2 aromatic rings. The van der Waals surface area contributed by atoms with Gasteiger partial charge in [-0.05, 0) is 25.5 Å². The van der Waals surface area contributed by atoms with E-state index in [2.05, 4.69) is 10.1 Å². The topological polar surface area (TPSA) is 39.9 Å². The fraction of sp³-hybridized carbons (Fsp3) is 0.286. The van der Waals surface area contributed by atoms with Gasteiger partial charge in [-0.2, -0.15) is 5.10 Å². The van der Waals surface area contributed by atoms with Gasteiger partial charge in [0.15, 0.2) is 6.23 Å². The van der Waals surface area contributed by atoms with Crippen molar-refractivity contribution in [2.24, 2.45) is 0 Å². The third-order valence-corrected chi connectivity index (χ3v) is 2.58. The third-order valence-electron chi connectivity index (χ3n) is 2.58. The highest BCUT2D eigenvalue weighted by molar-refractivity contribution is 5.48. The molecule has 0 amide bonds. The third kappa shape index (κ3) is 3.05. The van der Waals surface area contributed by atoms with E-state index < -0.39 is 0 Å². The predicted octanol–water partition coefficient (Wildman–Crippen LogP) is 2.84. The molecule has 2 rings (SSSR count). The Bertz CT molecular complexity index is 505. The van der Waals surface area contributed by atoms with Crippen LogP contribution >= 0.6 is 0 Å². The quantitative estimate of drug-likeness (QED) is 0.810. The normalized spacial score (nSPS) is 13.0. The lowest BCUT2D eigenvalue weighted by Crippen LogP contribution is -2.13. The van der Waals surface area contributed by atoms with Gasteiger partial charge in [-0.3, -0.25) is 0 Å². The first-order valence-electron chi connectivity index (χ1n) is 6.02. The van der Waals surface area contributed by atoms with Crippen LogP contribution in [0.3, 0.4) is 0 Å². The molecule has 4 nitrogen and oxygen atoms in total. The van der Waals surface area contributed by atoms with E-state index in [-0.39, 0.29) is 6.23 Å². The van der Waals surface area contributed by atoms with Crippen LogP contribution in [0.2, 0.25) is 0 Å². The number of aromatic nitrogens is 3. The van der Waals surface area contributed by atoms with E-state index in [1.165, 1.54) is 6.33 Å². The molecule has 0 saturated heterocycles. The number of nitrogens with zero attached hydrogens (tertiary/aromatic N) is 3. The van der Waals surface area contributed by atoms with Crippen molar-refractivity contribution < 1.29 is 4.74 Å². The summed E-state index contributed by atoms with van der Waals surface area (Å²) in [5, 5.41) is 4.18. The summed E-state index contributed by atoms with van der Waals surface area (Å²) in [6.45, 7) is 4.51. The predicted molar refractivity (Wildman–Crippen MR) is 70.9 cm³/mol. The lowest BCUT2D eigenvalue weighted by atomic mass is 10.2. The molecule has 0 aliphatic rings. The zero-order chi connectivity index (χ0) is 12.8. The number of aryl methyl sites for hydroxylation is 1. The van der Waals surface area contributed by atoms with Crippen molar-refractivity contribution >= 4 is 6.08 Å². The van der Waals surface area contributed by atoms with Crippen molar-refractivity contribution in [3.05, 3.63) is 54.1 Å². The van der Waals surface area contributed by atoms with Crippen LogP contribution in [-0.4, -0.2) is 21.4 Å². The average Bonchev–Trinajstić information content (AvgIpc) is 2.82. The number of ether oxygens (including phenoxy) is 1. The summed E-state index contributed by atoms with van der Waals surface area (Å²) < 4.78 is 7.43. The molecule has 1 atom stereocenters. The van der Waals surface area contributed by atoms with Crippen molar-refractivity contribution in [2.45, 2.75) is 20.1 Å². The number of rotatable bonds is 5. The first-order valence-corrected chi connectivity index (χ1v) is 6.02. The minimum absolute atomic E-state index is 0.210. The van der Waals surface area contributed by atoms with Gasteiger partial charge >= 0.3 is 0 Å². The minimum Gasteiger partial charge on any atom is -0.353 e. The van der Waals surface area contributed by atoms with Crippen molar-refractivity contribution in [1.82, 2.24) is 14.8 Å². The lowest BCUT2D eigenvalue weighted by molar-refractivity contribution is 0.0368. The highest BCUT2D eigenvalue weighted by Gasteiger charge is 2.10. The first kappa shape index (κ1) is 12.5. The number of benzene rings is 1. The van der Waals surface area contributed by atoms with Gasteiger partial charge in [0, 0.05) is 6.61 Å². The fourth-order valence-electron chi connectivity index (χ4n) is 1.69. The van der Waals surface area contributed by atoms with Crippen LogP contribution in [0.25, 0.3) is 6.08 Å². The molecule has 18 heavy (non-hydrogen) atoms. The smallest absolute Gasteiger partial charge is 0.171 e. The molecule has 1 heterocycles. The summed E-state index contributed by atoms with van der Waals surface area (Å²) in [7, 11) is 0.